The largest absolute Gasteiger partial charge is 0.428 e. The van der Waals surface area contributed by atoms with Crippen molar-refractivity contribution in [2.24, 2.45) is 10.2 Å². The zero-order chi connectivity index (χ0) is 14.7. The van der Waals surface area contributed by atoms with Gasteiger partial charge in [0.05, 0.1) is 17.1 Å². The van der Waals surface area contributed by atoms with Gasteiger partial charge in [-0.25, -0.2) is 4.39 Å². The summed E-state index contributed by atoms with van der Waals surface area (Å²) in [6.07, 6.45) is 3.06. The number of para-hydroxylation sites is 1. The minimum absolute atomic E-state index is 0.286. The van der Waals surface area contributed by atoms with Crippen molar-refractivity contribution in [2.45, 2.75) is 0 Å². The molecule has 5 heteroatoms. The predicted octanol–water partition coefficient (Wildman–Crippen LogP) is 2.95. The lowest BCUT2D eigenvalue weighted by atomic mass is 10.2. The summed E-state index contributed by atoms with van der Waals surface area (Å²) >= 11 is 0. The zero-order valence-electron chi connectivity index (χ0n) is 11.0. The third-order valence-electron chi connectivity index (χ3n) is 3.04. The molecule has 0 saturated heterocycles. The van der Waals surface area contributed by atoms with E-state index in [4.69, 9.17) is 0 Å². The van der Waals surface area contributed by atoms with Crippen LogP contribution in [-0.4, -0.2) is 16.2 Å². The molecule has 104 valence electrons. The van der Waals surface area contributed by atoms with E-state index in [0.29, 0.717) is 10.9 Å². The van der Waals surface area contributed by atoms with E-state index in [-0.39, 0.29) is 5.82 Å². The number of fused-ring (bicyclic) bond motifs is 1. The maximum atomic E-state index is 12.8. The highest BCUT2D eigenvalue weighted by atomic mass is 19.1. The number of nitrogens with zero attached hydrogens (tertiary/aromatic N) is 3. The van der Waals surface area contributed by atoms with Crippen LogP contribution in [0.1, 0.15) is 5.56 Å². The van der Waals surface area contributed by atoms with Crippen LogP contribution in [0.2, 0.25) is 0 Å². The van der Waals surface area contributed by atoms with E-state index in [9.17, 15) is 9.60 Å². The van der Waals surface area contributed by atoms with E-state index in [1.165, 1.54) is 18.3 Å². The van der Waals surface area contributed by atoms with E-state index in [1.807, 2.05) is 18.2 Å². The van der Waals surface area contributed by atoms with Gasteiger partial charge in [-0.1, -0.05) is 30.3 Å². The van der Waals surface area contributed by atoms with Crippen LogP contribution >= 0.6 is 0 Å². The average Bonchev–Trinajstić information content (AvgIpc) is 2.52. The average molecular weight is 281 g/mol. The molecule has 1 N–H and O–H groups in total. The molecule has 0 aliphatic carbocycles. The van der Waals surface area contributed by atoms with Crippen molar-refractivity contribution in [1.82, 2.24) is 4.73 Å². The van der Waals surface area contributed by atoms with Gasteiger partial charge in [0.2, 0.25) is 0 Å². The Morgan fingerprint density at radius 2 is 1.76 bits per heavy atom. The van der Waals surface area contributed by atoms with Crippen LogP contribution in [0.5, 0.6) is 0 Å². The molecule has 21 heavy (non-hydrogen) atoms. The molecule has 1 heterocycles. The van der Waals surface area contributed by atoms with Crippen molar-refractivity contribution in [1.29, 1.82) is 0 Å². The number of halogens is 1. The van der Waals surface area contributed by atoms with Crippen molar-refractivity contribution in [3.8, 4) is 0 Å². The Bertz CT molecular complexity index is 867. The molecule has 0 bridgehead atoms. The summed E-state index contributed by atoms with van der Waals surface area (Å²) in [5.41, 5.74) is 1.41. The molecule has 4 nitrogen and oxygen atoms in total. The van der Waals surface area contributed by atoms with Gasteiger partial charge in [-0.15, -0.1) is 0 Å². The van der Waals surface area contributed by atoms with Crippen LogP contribution in [0.15, 0.2) is 71.0 Å². The van der Waals surface area contributed by atoms with E-state index in [1.54, 1.807) is 30.5 Å². The Morgan fingerprint density at radius 3 is 2.57 bits per heavy atom. The Kier molecular flexibility index (Phi) is 3.47. The molecule has 0 aliphatic heterocycles. The molecule has 0 saturated carbocycles. The summed E-state index contributed by atoms with van der Waals surface area (Å²) in [5.74, 6) is -0.286. The predicted molar refractivity (Wildman–Crippen MR) is 78.7 cm³/mol. The first-order valence-electron chi connectivity index (χ1n) is 6.36. The number of hydrogen-bond acceptors (Lipinski definition) is 3. The van der Waals surface area contributed by atoms with Crippen LogP contribution in [0.3, 0.4) is 0 Å². The van der Waals surface area contributed by atoms with Gasteiger partial charge >= 0.3 is 0 Å². The fourth-order valence-corrected chi connectivity index (χ4v) is 2.00. The van der Waals surface area contributed by atoms with Crippen molar-refractivity contribution in [3.05, 3.63) is 77.5 Å². The lowest BCUT2D eigenvalue weighted by molar-refractivity contribution is 0.198. The summed E-state index contributed by atoms with van der Waals surface area (Å²) in [5, 5.41) is 19.3. The molecule has 3 aromatic rings. The number of rotatable bonds is 2. The molecule has 0 spiro atoms. The monoisotopic (exact) mass is 281 g/mol. The summed E-state index contributed by atoms with van der Waals surface area (Å²) in [6.45, 7) is 0. The molecular formula is C16H12FN3O. The fourth-order valence-electron chi connectivity index (χ4n) is 2.00. The van der Waals surface area contributed by atoms with Crippen molar-refractivity contribution in [2.75, 3.05) is 0 Å². The highest BCUT2D eigenvalue weighted by Gasteiger charge is 1.98. The smallest absolute Gasteiger partial charge is 0.123 e. The van der Waals surface area contributed by atoms with Gasteiger partial charge in [-0.05, 0) is 29.8 Å². The Labute approximate surface area is 120 Å². The Morgan fingerprint density at radius 1 is 1.00 bits per heavy atom. The highest BCUT2D eigenvalue weighted by Crippen LogP contribution is 2.07. The molecule has 1 aromatic heterocycles. The minimum atomic E-state index is -0.286. The first-order chi connectivity index (χ1) is 10.2. The van der Waals surface area contributed by atoms with E-state index < -0.39 is 0 Å². The van der Waals surface area contributed by atoms with Crippen molar-refractivity contribution >= 4 is 17.1 Å². The van der Waals surface area contributed by atoms with E-state index in [2.05, 4.69) is 10.2 Å². The molecule has 0 amide bonds. The number of aromatic nitrogens is 1. The third-order valence-corrected chi connectivity index (χ3v) is 3.04. The normalized spacial score (nSPS) is 12.3. The molecule has 0 atom stereocenters. The summed E-state index contributed by atoms with van der Waals surface area (Å²) in [6, 6.07) is 15.0. The van der Waals surface area contributed by atoms with Gasteiger partial charge in [0, 0.05) is 11.6 Å². The van der Waals surface area contributed by atoms with Crippen LogP contribution in [0.25, 0.3) is 10.9 Å². The summed E-state index contributed by atoms with van der Waals surface area (Å²) in [7, 11) is 0. The number of benzene rings is 2. The standard InChI is InChI=1S/C16H12FN3O/c17-13-7-5-12(6-8-13)11-18-19-15-9-10-20(21)16-4-2-1-3-14(15)16/h1-11,21H/b18-11+,19-15+. The van der Waals surface area contributed by atoms with Gasteiger partial charge in [-0.3, -0.25) is 0 Å². The second-order valence-corrected chi connectivity index (χ2v) is 4.46. The molecule has 0 radical (unpaired) electrons. The van der Waals surface area contributed by atoms with Gasteiger partial charge in [-0.2, -0.15) is 14.9 Å². The maximum Gasteiger partial charge on any atom is 0.123 e. The van der Waals surface area contributed by atoms with Gasteiger partial charge < -0.3 is 5.21 Å². The van der Waals surface area contributed by atoms with Crippen LogP contribution in [-0.2, 0) is 0 Å². The van der Waals surface area contributed by atoms with Crippen LogP contribution in [0.4, 0.5) is 4.39 Å². The van der Waals surface area contributed by atoms with Crippen molar-refractivity contribution < 1.29 is 9.60 Å². The molecule has 0 aliphatic rings. The maximum absolute atomic E-state index is 12.8. The Hall–Kier alpha value is -2.95. The summed E-state index contributed by atoms with van der Waals surface area (Å²) < 4.78 is 13.8. The van der Waals surface area contributed by atoms with Gasteiger partial charge in [0.15, 0.2) is 0 Å². The van der Waals surface area contributed by atoms with Gasteiger partial charge in [0.1, 0.15) is 5.82 Å². The number of hydrogen-bond donors (Lipinski definition) is 1. The summed E-state index contributed by atoms with van der Waals surface area (Å²) in [4.78, 5) is 0. The highest BCUT2D eigenvalue weighted by molar-refractivity contribution is 5.80. The van der Waals surface area contributed by atoms with Crippen molar-refractivity contribution in [3.63, 3.8) is 0 Å². The lowest BCUT2D eigenvalue weighted by Gasteiger charge is -2.02. The molecular weight excluding hydrogens is 269 g/mol. The second kappa shape index (κ2) is 5.58. The molecule has 3 rings (SSSR count). The number of pyridine rings is 1. The second-order valence-electron chi connectivity index (χ2n) is 4.46. The lowest BCUT2D eigenvalue weighted by Crippen LogP contribution is -2.07. The molecule has 0 unspecified atom stereocenters. The molecule has 0 fully saturated rings. The first-order valence-corrected chi connectivity index (χ1v) is 6.36. The topological polar surface area (TPSA) is 49.9 Å². The first kappa shape index (κ1) is 13.1. The zero-order valence-corrected chi connectivity index (χ0v) is 11.0. The van der Waals surface area contributed by atoms with E-state index >= 15 is 0 Å². The SMILES string of the molecule is On1cc/c(=N\N=C\c2ccc(F)cc2)c2ccccc21. The molecule has 2 aromatic carbocycles. The quantitative estimate of drug-likeness (QED) is 0.438. The van der Waals surface area contributed by atoms with E-state index in [0.717, 1.165) is 15.7 Å². The van der Waals surface area contributed by atoms with Gasteiger partial charge in [0.25, 0.3) is 0 Å². The fraction of sp³-hybridized carbons (Fsp3) is 0. The van der Waals surface area contributed by atoms with Crippen LogP contribution in [0, 0.1) is 5.82 Å². The third kappa shape index (κ3) is 2.81. The van der Waals surface area contributed by atoms with Crippen LogP contribution < -0.4 is 5.36 Å². The Balaban J connectivity index is 2.00. The minimum Gasteiger partial charge on any atom is -0.428 e.